The van der Waals surface area contributed by atoms with Crippen LogP contribution in [-0.2, 0) is 11.3 Å². The summed E-state index contributed by atoms with van der Waals surface area (Å²) in [6, 6.07) is 12.0. The number of nitrogens with zero attached hydrogens (tertiary/aromatic N) is 3. The summed E-state index contributed by atoms with van der Waals surface area (Å²) in [7, 11) is 7.80. The molecule has 2 unspecified atom stereocenters. The topological polar surface area (TPSA) is 104 Å². The molecule has 1 aromatic heterocycles. The van der Waals surface area contributed by atoms with Gasteiger partial charge in [0, 0.05) is 49.7 Å². The van der Waals surface area contributed by atoms with Gasteiger partial charge in [-0.3, -0.25) is 4.79 Å². The zero-order valence-corrected chi connectivity index (χ0v) is 23.3. The third-order valence-electron chi connectivity index (χ3n) is 7.43. The first-order chi connectivity index (χ1) is 19.4. The molecule has 2 atom stereocenters. The third kappa shape index (κ3) is 4.83. The maximum Gasteiger partial charge on any atom is 0.318 e. The summed E-state index contributed by atoms with van der Waals surface area (Å²) in [6.45, 7) is 1.48. The number of carbonyl (C=O) groups excluding carboxylic acids is 2. The van der Waals surface area contributed by atoms with Gasteiger partial charge in [-0.05, 0) is 42.0 Å². The van der Waals surface area contributed by atoms with Gasteiger partial charge >= 0.3 is 6.03 Å². The monoisotopic (exact) mass is 550 g/mol. The number of anilines is 1. The molecule has 3 aromatic rings. The number of aromatic nitrogens is 1. The smallest absolute Gasteiger partial charge is 0.318 e. The summed E-state index contributed by atoms with van der Waals surface area (Å²) in [5, 5.41) is 3.10. The second-order valence-corrected chi connectivity index (χ2v) is 9.58. The number of methoxy groups -OCH3 is 5. The van der Waals surface area contributed by atoms with Gasteiger partial charge in [-0.25, -0.2) is 4.79 Å². The Balaban J connectivity index is 1.40. The van der Waals surface area contributed by atoms with Crippen LogP contribution in [0.2, 0.25) is 0 Å². The summed E-state index contributed by atoms with van der Waals surface area (Å²) in [6.07, 6.45) is 2.20. The quantitative estimate of drug-likeness (QED) is 0.458. The fourth-order valence-electron chi connectivity index (χ4n) is 5.52. The van der Waals surface area contributed by atoms with E-state index in [2.05, 4.69) is 9.88 Å². The van der Waals surface area contributed by atoms with Crippen molar-refractivity contribution in [1.82, 2.24) is 14.8 Å². The number of ether oxygens (including phenoxy) is 5. The van der Waals surface area contributed by atoms with Crippen molar-refractivity contribution >= 4 is 17.6 Å². The number of carbonyl (C=O) groups is 2. The minimum Gasteiger partial charge on any atom is -0.493 e. The normalized spacial score (nSPS) is 18.3. The zero-order chi connectivity index (χ0) is 28.4. The molecule has 0 spiro atoms. The SMILES string of the molecule is COc1ccc(N2CC(NC(=O)N3CCn4cccc4C3c3cc(OC)c(OC)c(OC)c3)CC2=O)cc1OC. The fraction of sp³-hybridized carbons (Fsp3) is 0.379. The van der Waals surface area contributed by atoms with Crippen molar-refractivity contribution in [2.75, 3.05) is 53.5 Å². The van der Waals surface area contributed by atoms with E-state index in [4.69, 9.17) is 23.7 Å². The van der Waals surface area contributed by atoms with Gasteiger partial charge in [0.15, 0.2) is 23.0 Å². The van der Waals surface area contributed by atoms with E-state index in [0.29, 0.717) is 54.1 Å². The number of rotatable bonds is 8. The predicted octanol–water partition coefficient (Wildman–Crippen LogP) is 3.45. The molecule has 40 heavy (non-hydrogen) atoms. The van der Waals surface area contributed by atoms with E-state index in [-0.39, 0.29) is 24.4 Å². The highest BCUT2D eigenvalue weighted by Crippen LogP contribution is 2.43. The van der Waals surface area contributed by atoms with E-state index >= 15 is 0 Å². The summed E-state index contributed by atoms with van der Waals surface area (Å²) >= 11 is 0. The molecule has 1 saturated heterocycles. The Kier molecular flexibility index (Phi) is 7.63. The van der Waals surface area contributed by atoms with Crippen molar-refractivity contribution in [2.45, 2.75) is 25.0 Å². The molecule has 0 saturated carbocycles. The van der Waals surface area contributed by atoms with Crippen molar-refractivity contribution in [2.24, 2.45) is 0 Å². The predicted molar refractivity (Wildman–Crippen MR) is 148 cm³/mol. The lowest BCUT2D eigenvalue weighted by molar-refractivity contribution is -0.117. The van der Waals surface area contributed by atoms with E-state index in [9.17, 15) is 9.59 Å². The van der Waals surface area contributed by atoms with Crippen LogP contribution in [0.3, 0.4) is 0 Å². The lowest BCUT2D eigenvalue weighted by atomic mass is 9.99. The number of benzene rings is 2. The zero-order valence-electron chi connectivity index (χ0n) is 23.3. The Morgan fingerprint density at radius 2 is 1.55 bits per heavy atom. The van der Waals surface area contributed by atoms with Crippen molar-refractivity contribution in [3.8, 4) is 28.7 Å². The number of hydrogen-bond donors (Lipinski definition) is 1. The Morgan fingerprint density at radius 3 is 2.20 bits per heavy atom. The van der Waals surface area contributed by atoms with E-state index in [0.717, 1.165) is 11.3 Å². The number of fused-ring (bicyclic) bond motifs is 1. The Labute approximate surface area is 233 Å². The van der Waals surface area contributed by atoms with Crippen molar-refractivity contribution in [1.29, 1.82) is 0 Å². The molecular formula is C29H34N4O7. The minimum atomic E-state index is -0.406. The molecule has 0 aliphatic carbocycles. The average Bonchev–Trinajstić information content (AvgIpc) is 3.61. The highest BCUT2D eigenvalue weighted by molar-refractivity contribution is 5.97. The molecule has 11 heteroatoms. The molecule has 5 rings (SSSR count). The van der Waals surface area contributed by atoms with Crippen LogP contribution in [0.5, 0.6) is 28.7 Å². The first-order valence-electron chi connectivity index (χ1n) is 13.0. The Hall–Kier alpha value is -4.54. The van der Waals surface area contributed by atoms with Gasteiger partial charge in [-0.2, -0.15) is 0 Å². The van der Waals surface area contributed by atoms with Gasteiger partial charge in [0.2, 0.25) is 11.7 Å². The molecule has 3 heterocycles. The van der Waals surface area contributed by atoms with Gasteiger partial charge in [0.25, 0.3) is 0 Å². The largest absolute Gasteiger partial charge is 0.493 e. The van der Waals surface area contributed by atoms with Crippen LogP contribution in [-0.4, -0.2) is 76.1 Å². The van der Waals surface area contributed by atoms with Crippen LogP contribution in [0.25, 0.3) is 0 Å². The molecule has 2 aromatic carbocycles. The number of hydrogen-bond acceptors (Lipinski definition) is 7. The van der Waals surface area contributed by atoms with Crippen molar-refractivity contribution < 1.29 is 33.3 Å². The first-order valence-corrected chi connectivity index (χ1v) is 13.0. The van der Waals surface area contributed by atoms with Crippen LogP contribution in [0.4, 0.5) is 10.5 Å². The van der Waals surface area contributed by atoms with E-state index in [1.54, 1.807) is 57.5 Å². The lowest BCUT2D eigenvalue weighted by Crippen LogP contribution is -2.50. The Morgan fingerprint density at radius 1 is 0.850 bits per heavy atom. The van der Waals surface area contributed by atoms with Crippen molar-refractivity contribution in [3.63, 3.8) is 0 Å². The third-order valence-corrected chi connectivity index (χ3v) is 7.43. The molecule has 212 valence electrons. The second kappa shape index (κ2) is 11.3. The van der Waals surface area contributed by atoms with Crippen LogP contribution < -0.4 is 33.9 Å². The van der Waals surface area contributed by atoms with Crippen LogP contribution in [0.15, 0.2) is 48.7 Å². The second-order valence-electron chi connectivity index (χ2n) is 9.58. The number of amides is 3. The number of urea groups is 1. The highest BCUT2D eigenvalue weighted by atomic mass is 16.5. The van der Waals surface area contributed by atoms with Crippen LogP contribution in [0.1, 0.15) is 23.7 Å². The van der Waals surface area contributed by atoms with Crippen LogP contribution >= 0.6 is 0 Å². The summed E-state index contributed by atoms with van der Waals surface area (Å²) < 4.78 is 29.5. The maximum atomic E-state index is 13.8. The first kappa shape index (κ1) is 27.0. The standard InChI is InChI=1S/C29H34N4O7/c1-36-22-9-8-20(16-23(22)37-2)33-17-19(15-26(33)34)30-29(35)32-12-11-31-10-6-7-21(31)27(32)18-13-24(38-3)28(40-5)25(14-18)39-4/h6-10,13-14,16,19,27H,11-12,15,17H2,1-5H3,(H,30,35). The van der Waals surface area contributed by atoms with Crippen molar-refractivity contribution in [3.05, 3.63) is 59.9 Å². The van der Waals surface area contributed by atoms with Crippen LogP contribution in [0, 0.1) is 0 Å². The van der Waals surface area contributed by atoms with E-state index in [1.165, 1.54) is 0 Å². The van der Waals surface area contributed by atoms with Gasteiger partial charge in [-0.1, -0.05) is 0 Å². The molecule has 11 nitrogen and oxygen atoms in total. The Bertz CT molecular complexity index is 1380. The van der Waals surface area contributed by atoms with E-state index < -0.39 is 6.04 Å². The molecule has 0 radical (unpaired) electrons. The molecule has 3 amide bonds. The van der Waals surface area contributed by atoms with Gasteiger partial charge in [-0.15, -0.1) is 0 Å². The molecule has 0 bridgehead atoms. The van der Waals surface area contributed by atoms with Gasteiger partial charge in [0.05, 0.1) is 47.6 Å². The number of nitrogens with one attached hydrogen (secondary N) is 1. The molecule has 1 N–H and O–H groups in total. The van der Waals surface area contributed by atoms with E-state index in [1.807, 2.05) is 36.5 Å². The lowest BCUT2D eigenvalue weighted by Gasteiger charge is -2.38. The summed E-state index contributed by atoms with van der Waals surface area (Å²) in [5.41, 5.74) is 2.47. The summed E-state index contributed by atoms with van der Waals surface area (Å²) in [4.78, 5) is 30.2. The maximum absolute atomic E-state index is 13.8. The summed E-state index contributed by atoms with van der Waals surface area (Å²) in [5.74, 6) is 2.53. The molecule has 1 fully saturated rings. The average molecular weight is 551 g/mol. The molecule has 2 aliphatic rings. The highest BCUT2D eigenvalue weighted by Gasteiger charge is 2.37. The molecule has 2 aliphatic heterocycles. The van der Waals surface area contributed by atoms with Gasteiger partial charge < -0.3 is 43.4 Å². The van der Waals surface area contributed by atoms with Gasteiger partial charge in [0.1, 0.15) is 0 Å². The minimum absolute atomic E-state index is 0.0776. The molecular weight excluding hydrogens is 516 g/mol. The fourth-order valence-corrected chi connectivity index (χ4v) is 5.52.